The molecule has 2 unspecified atom stereocenters. The number of carbonyl (C=O) groups excluding carboxylic acids is 1. The standard InChI is InChI=1S/C18H25ClN2O4/c1-13(21-9-8-18(2,12-21)17(23)24)16(22)20(3)10-11-25-15-6-4-14(19)5-7-15/h4-7,13H,8-12H2,1-3H3,(H,23,24). The Labute approximate surface area is 153 Å². The number of nitrogens with zero attached hydrogens (tertiary/aromatic N) is 2. The van der Waals surface area contributed by atoms with Gasteiger partial charge < -0.3 is 14.7 Å². The van der Waals surface area contributed by atoms with Crippen LogP contribution in [-0.4, -0.2) is 66.1 Å². The van der Waals surface area contributed by atoms with Gasteiger partial charge in [-0.2, -0.15) is 0 Å². The summed E-state index contributed by atoms with van der Waals surface area (Å²) in [5.41, 5.74) is -0.773. The number of benzene rings is 1. The largest absolute Gasteiger partial charge is 0.492 e. The fourth-order valence-corrected chi connectivity index (χ4v) is 3.04. The van der Waals surface area contributed by atoms with Gasteiger partial charge in [-0.25, -0.2) is 0 Å². The summed E-state index contributed by atoms with van der Waals surface area (Å²) < 4.78 is 5.61. The van der Waals surface area contributed by atoms with E-state index in [1.807, 2.05) is 11.8 Å². The third kappa shape index (κ3) is 4.86. The van der Waals surface area contributed by atoms with E-state index in [0.717, 1.165) is 0 Å². The molecule has 1 heterocycles. The molecule has 1 N–H and O–H groups in total. The van der Waals surface area contributed by atoms with Crippen LogP contribution in [-0.2, 0) is 9.59 Å². The smallest absolute Gasteiger partial charge is 0.310 e. The highest BCUT2D eigenvalue weighted by molar-refractivity contribution is 6.30. The highest BCUT2D eigenvalue weighted by Gasteiger charge is 2.43. The molecule has 1 aliphatic heterocycles. The molecular formula is C18H25ClN2O4. The van der Waals surface area contributed by atoms with Crippen LogP contribution in [0, 0.1) is 5.41 Å². The predicted molar refractivity (Wildman–Crippen MR) is 96.0 cm³/mol. The van der Waals surface area contributed by atoms with E-state index in [-0.39, 0.29) is 11.9 Å². The van der Waals surface area contributed by atoms with E-state index in [1.165, 1.54) is 0 Å². The first-order valence-corrected chi connectivity index (χ1v) is 8.71. The molecule has 1 aromatic rings. The second-order valence-corrected chi connectivity index (χ2v) is 7.26. The zero-order valence-electron chi connectivity index (χ0n) is 14.9. The first-order chi connectivity index (χ1) is 11.7. The number of hydrogen-bond acceptors (Lipinski definition) is 4. The second-order valence-electron chi connectivity index (χ2n) is 6.82. The number of rotatable bonds is 7. The molecule has 1 fully saturated rings. The Kier molecular flexibility index (Phi) is 6.30. The Morgan fingerprint density at radius 2 is 2.04 bits per heavy atom. The van der Waals surface area contributed by atoms with Crippen molar-refractivity contribution in [2.45, 2.75) is 26.3 Å². The van der Waals surface area contributed by atoms with Crippen LogP contribution in [0.3, 0.4) is 0 Å². The monoisotopic (exact) mass is 368 g/mol. The third-order valence-corrected chi connectivity index (χ3v) is 5.06. The number of carboxylic acid groups (broad SMARTS) is 1. The van der Waals surface area contributed by atoms with Gasteiger partial charge in [0.15, 0.2) is 0 Å². The number of carbonyl (C=O) groups is 2. The summed E-state index contributed by atoms with van der Waals surface area (Å²) in [4.78, 5) is 27.5. The number of halogens is 1. The van der Waals surface area contributed by atoms with Crippen LogP contribution in [0.1, 0.15) is 20.3 Å². The fourth-order valence-electron chi connectivity index (χ4n) is 2.92. The van der Waals surface area contributed by atoms with Crippen LogP contribution in [0.2, 0.25) is 5.02 Å². The normalized spacial score (nSPS) is 21.8. The number of hydrogen-bond donors (Lipinski definition) is 1. The van der Waals surface area contributed by atoms with Crippen LogP contribution in [0.15, 0.2) is 24.3 Å². The minimum absolute atomic E-state index is 0.0330. The summed E-state index contributed by atoms with van der Waals surface area (Å²) in [6.07, 6.45) is 0.559. The number of likely N-dealkylation sites (tertiary alicyclic amines) is 1. The first-order valence-electron chi connectivity index (χ1n) is 8.34. The van der Waals surface area contributed by atoms with Gasteiger partial charge in [0.1, 0.15) is 12.4 Å². The van der Waals surface area contributed by atoms with Crippen molar-refractivity contribution >= 4 is 23.5 Å². The van der Waals surface area contributed by atoms with E-state index in [2.05, 4.69) is 0 Å². The van der Waals surface area contributed by atoms with Gasteiger partial charge in [-0.1, -0.05) is 11.6 Å². The van der Waals surface area contributed by atoms with Gasteiger partial charge in [-0.3, -0.25) is 14.5 Å². The second kappa shape index (κ2) is 8.06. The maximum atomic E-state index is 12.6. The molecule has 2 rings (SSSR count). The molecule has 1 aliphatic rings. The number of amides is 1. The van der Waals surface area contributed by atoms with Gasteiger partial charge in [0.25, 0.3) is 0 Å². The van der Waals surface area contributed by atoms with Crippen molar-refractivity contribution < 1.29 is 19.4 Å². The quantitative estimate of drug-likeness (QED) is 0.800. The zero-order chi connectivity index (χ0) is 18.6. The maximum Gasteiger partial charge on any atom is 0.310 e. The van der Waals surface area contributed by atoms with Crippen molar-refractivity contribution in [3.63, 3.8) is 0 Å². The molecule has 1 amide bonds. The van der Waals surface area contributed by atoms with Crippen LogP contribution in [0.25, 0.3) is 0 Å². The Morgan fingerprint density at radius 3 is 2.60 bits per heavy atom. The Balaban J connectivity index is 1.81. The molecule has 0 spiro atoms. The zero-order valence-corrected chi connectivity index (χ0v) is 15.6. The van der Waals surface area contributed by atoms with Crippen LogP contribution in [0.4, 0.5) is 0 Å². The highest BCUT2D eigenvalue weighted by Crippen LogP contribution is 2.31. The summed E-state index contributed by atoms with van der Waals surface area (Å²) >= 11 is 5.82. The predicted octanol–water partition coefficient (Wildman–Crippen LogP) is 2.36. The molecule has 6 nitrogen and oxygen atoms in total. The summed E-state index contributed by atoms with van der Waals surface area (Å²) in [5, 5.41) is 9.96. The SMILES string of the molecule is CC(C(=O)N(C)CCOc1ccc(Cl)cc1)N1CCC(C)(C(=O)O)C1. The van der Waals surface area contributed by atoms with E-state index in [9.17, 15) is 14.7 Å². The topological polar surface area (TPSA) is 70.1 Å². The Morgan fingerprint density at radius 1 is 1.40 bits per heavy atom. The van der Waals surface area contributed by atoms with E-state index < -0.39 is 11.4 Å². The maximum absolute atomic E-state index is 12.6. The van der Waals surface area contributed by atoms with E-state index in [1.54, 1.807) is 43.1 Å². The average molecular weight is 369 g/mol. The number of likely N-dealkylation sites (N-methyl/N-ethyl adjacent to an activating group) is 1. The summed E-state index contributed by atoms with van der Waals surface area (Å²) in [5.74, 6) is -0.135. The molecule has 0 aromatic heterocycles. The van der Waals surface area contributed by atoms with Gasteiger partial charge in [0.05, 0.1) is 18.0 Å². The number of carboxylic acids is 1. The molecule has 7 heteroatoms. The fraction of sp³-hybridized carbons (Fsp3) is 0.556. The van der Waals surface area contributed by atoms with Crippen LogP contribution >= 0.6 is 11.6 Å². The minimum atomic E-state index is -0.806. The van der Waals surface area contributed by atoms with Gasteiger partial charge in [-0.05, 0) is 44.5 Å². The van der Waals surface area contributed by atoms with Gasteiger partial charge in [0.2, 0.25) is 5.91 Å². The lowest BCUT2D eigenvalue weighted by atomic mass is 9.90. The van der Waals surface area contributed by atoms with Crippen molar-refractivity contribution in [2.24, 2.45) is 5.41 Å². The van der Waals surface area contributed by atoms with Gasteiger partial charge in [-0.15, -0.1) is 0 Å². The lowest BCUT2D eigenvalue weighted by Crippen LogP contribution is -2.47. The average Bonchev–Trinajstić information content (AvgIpc) is 2.99. The van der Waals surface area contributed by atoms with Gasteiger partial charge >= 0.3 is 5.97 Å². The molecule has 25 heavy (non-hydrogen) atoms. The van der Waals surface area contributed by atoms with Crippen LogP contribution in [0.5, 0.6) is 5.75 Å². The van der Waals surface area contributed by atoms with Crippen LogP contribution < -0.4 is 4.74 Å². The summed E-state index contributed by atoms with van der Waals surface area (Å²) in [6.45, 7) is 5.40. The molecular weight excluding hydrogens is 344 g/mol. The van der Waals surface area contributed by atoms with Crippen molar-refractivity contribution in [3.8, 4) is 5.75 Å². The molecule has 1 aromatic carbocycles. The van der Waals surface area contributed by atoms with Gasteiger partial charge in [0, 0.05) is 25.2 Å². The highest BCUT2D eigenvalue weighted by atomic mass is 35.5. The minimum Gasteiger partial charge on any atom is -0.492 e. The Bertz CT molecular complexity index is 622. The van der Waals surface area contributed by atoms with E-state index >= 15 is 0 Å². The van der Waals surface area contributed by atoms with Crippen molar-refractivity contribution in [1.82, 2.24) is 9.80 Å². The molecule has 0 saturated carbocycles. The molecule has 0 aliphatic carbocycles. The van der Waals surface area contributed by atoms with Crippen molar-refractivity contribution in [3.05, 3.63) is 29.3 Å². The molecule has 0 radical (unpaired) electrons. The Hall–Kier alpha value is -1.79. The first kappa shape index (κ1) is 19.5. The molecule has 0 bridgehead atoms. The molecule has 2 atom stereocenters. The number of ether oxygens (including phenoxy) is 1. The van der Waals surface area contributed by atoms with Crippen molar-refractivity contribution in [2.75, 3.05) is 33.3 Å². The molecule has 1 saturated heterocycles. The van der Waals surface area contributed by atoms with Crippen molar-refractivity contribution in [1.29, 1.82) is 0 Å². The molecule has 138 valence electrons. The van der Waals surface area contributed by atoms with E-state index in [0.29, 0.717) is 43.4 Å². The summed E-state index contributed by atoms with van der Waals surface area (Å²) in [7, 11) is 1.73. The summed E-state index contributed by atoms with van der Waals surface area (Å²) in [6, 6.07) is 6.72. The number of aliphatic carboxylic acids is 1. The lowest BCUT2D eigenvalue weighted by Gasteiger charge is -2.29. The van der Waals surface area contributed by atoms with E-state index in [4.69, 9.17) is 16.3 Å². The lowest BCUT2D eigenvalue weighted by molar-refractivity contribution is -0.147. The third-order valence-electron chi connectivity index (χ3n) is 4.81.